The van der Waals surface area contributed by atoms with Crippen LogP contribution in [0.2, 0.25) is 0 Å². The molecule has 22 heavy (non-hydrogen) atoms. The number of aromatic nitrogens is 2. The van der Waals surface area contributed by atoms with Gasteiger partial charge in [0, 0.05) is 11.8 Å². The first-order chi connectivity index (χ1) is 10.7. The molecular formula is C17H12N2O3. The molecule has 0 spiro atoms. The van der Waals surface area contributed by atoms with E-state index in [9.17, 15) is 4.79 Å². The first-order valence-electron chi connectivity index (χ1n) is 6.63. The van der Waals surface area contributed by atoms with Crippen LogP contribution in [0.5, 0.6) is 0 Å². The van der Waals surface area contributed by atoms with Crippen molar-refractivity contribution in [2.24, 2.45) is 0 Å². The number of fused-ring (bicyclic) bond motifs is 1. The smallest absolute Gasteiger partial charge is 0.450 e. The first kappa shape index (κ1) is 13.7. The molecule has 0 amide bonds. The summed E-state index contributed by atoms with van der Waals surface area (Å²) in [5.74, 6) is 6.11. The summed E-state index contributed by atoms with van der Waals surface area (Å²) >= 11 is 0. The number of imidazole rings is 1. The van der Waals surface area contributed by atoms with Gasteiger partial charge in [0.25, 0.3) is 0 Å². The molecular weight excluding hydrogens is 280 g/mol. The van der Waals surface area contributed by atoms with E-state index < -0.39 is 6.16 Å². The van der Waals surface area contributed by atoms with Crippen LogP contribution in [0.25, 0.3) is 5.65 Å². The highest BCUT2D eigenvalue weighted by molar-refractivity contribution is 5.57. The van der Waals surface area contributed by atoms with Crippen molar-refractivity contribution in [3.05, 3.63) is 71.7 Å². The van der Waals surface area contributed by atoms with Gasteiger partial charge >= 0.3 is 6.16 Å². The monoisotopic (exact) mass is 292 g/mol. The van der Waals surface area contributed by atoms with Gasteiger partial charge in [-0.25, -0.2) is 9.78 Å². The maximum atomic E-state index is 10.6. The van der Waals surface area contributed by atoms with Gasteiger partial charge in [-0.2, -0.15) is 0 Å². The van der Waals surface area contributed by atoms with Crippen LogP contribution >= 0.6 is 0 Å². The molecule has 0 bridgehead atoms. The summed E-state index contributed by atoms with van der Waals surface area (Å²) in [6.07, 6.45) is 0.501. The summed E-state index contributed by atoms with van der Waals surface area (Å²) in [7, 11) is 0. The highest BCUT2D eigenvalue weighted by Crippen LogP contribution is 2.13. The molecule has 0 radical (unpaired) electrons. The van der Waals surface area contributed by atoms with Crippen molar-refractivity contribution in [2.75, 3.05) is 0 Å². The van der Waals surface area contributed by atoms with Gasteiger partial charge in [-0.3, -0.25) is 4.40 Å². The number of carbonyl (C=O) groups is 1. The van der Waals surface area contributed by atoms with Gasteiger partial charge in [0.1, 0.15) is 23.6 Å². The van der Waals surface area contributed by atoms with Crippen molar-refractivity contribution in [2.45, 2.75) is 6.61 Å². The third kappa shape index (κ3) is 2.91. The van der Waals surface area contributed by atoms with Gasteiger partial charge in [0.05, 0.1) is 0 Å². The molecule has 108 valence electrons. The molecule has 3 rings (SSSR count). The third-order valence-corrected chi connectivity index (χ3v) is 3.03. The second kappa shape index (κ2) is 6.02. The summed E-state index contributed by atoms with van der Waals surface area (Å²) in [5.41, 5.74) is 2.69. The van der Waals surface area contributed by atoms with Crippen LogP contribution in [-0.4, -0.2) is 20.6 Å². The molecule has 0 aliphatic heterocycles. The van der Waals surface area contributed by atoms with E-state index in [0.29, 0.717) is 17.0 Å². The van der Waals surface area contributed by atoms with E-state index in [1.54, 1.807) is 0 Å². The molecule has 0 fully saturated rings. The van der Waals surface area contributed by atoms with Crippen LogP contribution in [0, 0.1) is 11.8 Å². The van der Waals surface area contributed by atoms with Crippen molar-refractivity contribution >= 4 is 11.8 Å². The zero-order valence-electron chi connectivity index (χ0n) is 11.6. The first-order valence-corrected chi connectivity index (χ1v) is 6.63. The van der Waals surface area contributed by atoms with E-state index in [1.807, 2.05) is 59.1 Å². The molecule has 3 aromatic rings. The number of ether oxygens (including phenoxy) is 1. The fraction of sp³-hybridized carbons (Fsp3) is 0.0588. The highest BCUT2D eigenvalue weighted by Gasteiger charge is 2.11. The quantitative estimate of drug-likeness (QED) is 0.582. The number of pyridine rings is 1. The van der Waals surface area contributed by atoms with E-state index >= 15 is 0 Å². The minimum Gasteiger partial charge on any atom is -0.450 e. The molecule has 2 heterocycles. The van der Waals surface area contributed by atoms with E-state index in [-0.39, 0.29) is 6.61 Å². The maximum absolute atomic E-state index is 10.6. The molecule has 0 saturated heterocycles. The fourth-order valence-corrected chi connectivity index (χ4v) is 2.06. The Morgan fingerprint density at radius 1 is 1.14 bits per heavy atom. The van der Waals surface area contributed by atoms with Crippen molar-refractivity contribution in [3.8, 4) is 11.8 Å². The Balaban J connectivity index is 2.04. The van der Waals surface area contributed by atoms with Gasteiger partial charge < -0.3 is 9.84 Å². The van der Waals surface area contributed by atoms with E-state index in [2.05, 4.69) is 21.6 Å². The lowest BCUT2D eigenvalue weighted by molar-refractivity contribution is 0.0843. The standard InChI is InChI=1S/C17H12N2O3/c20-17(21)22-12-14-15(10-9-13-6-2-1-3-7-13)19-11-5-4-8-16(19)18-14/h1-8,11H,12H2,(H,20,21). The minimum atomic E-state index is -1.33. The van der Waals surface area contributed by atoms with Crippen molar-refractivity contribution in [3.63, 3.8) is 0 Å². The molecule has 0 atom stereocenters. The summed E-state index contributed by atoms with van der Waals surface area (Å²) in [4.78, 5) is 15.0. The predicted molar refractivity (Wildman–Crippen MR) is 80.4 cm³/mol. The fourth-order valence-electron chi connectivity index (χ4n) is 2.06. The predicted octanol–water partition coefficient (Wildman–Crippen LogP) is 2.93. The lowest BCUT2D eigenvalue weighted by Crippen LogP contribution is -2.02. The molecule has 5 nitrogen and oxygen atoms in total. The van der Waals surface area contributed by atoms with E-state index in [1.165, 1.54) is 0 Å². The molecule has 0 aliphatic rings. The molecule has 0 aliphatic carbocycles. The Morgan fingerprint density at radius 3 is 2.68 bits per heavy atom. The molecule has 1 aromatic carbocycles. The third-order valence-electron chi connectivity index (χ3n) is 3.03. The molecule has 0 unspecified atom stereocenters. The number of rotatable bonds is 2. The summed E-state index contributed by atoms with van der Waals surface area (Å²) in [6, 6.07) is 15.1. The van der Waals surface area contributed by atoms with Crippen LogP contribution in [0.3, 0.4) is 0 Å². The molecule has 2 aromatic heterocycles. The van der Waals surface area contributed by atoms with Gasteiger partial charge in [-0.05, 0) is 30.2 Å². The van der Waals surface area contributed by atoms with E-state index in [4.69, 9.17) is 5.11 Å². The van der Waals surface area contributed by atoms with Crippen molar-refractivity contribution < 1.29 is 14.6 Å². The lowest BCUT2D eigenvalue weighted by atomic mass is 10.2. The van der Waals surface area contributed by atoms with Gasteiger partial charge in [-0.15, -0.1) is 0 Å². The SMILES string of the molecule is O=C(O)OCc1nc2ccccn2c1C#Cc1ccccc1. The van der Waals surface area contributed by atoms with Crippen LogP contribution in [0.4, 0.5) is 4.79 Å². The molecule has 0 saturated carbocycles. The Hall–Kier alpha value is -3.26. The van der Waals surface area contributed by atoms with Crippen LogP contribution in [-0.2, 0) is 11.3 Å². The van der Waals surface area contributed by atoms with E-state index in [0.717, 1.165) is 5.56 Å². The minimum absolute atomic E-state index is 0.129. The van der Waals surface area contributed by atoms with Crippen molar-refractivity contribution in [1.29, 1.82) is 0 Å². The van der Waals surface area contributed by atoms with Crippen LogP contribution in [0.1, 0.15) is 17.0 Å². The Kier molecular flexibility index (Phi) is 3.75. The Labute approximate surface area is 126 Å². The maximum Gasteiger partial charge on any atom is 0.506 e. The van der Waals surface area contributed by atoms with Gasteiger partial charge in [0.15, 0.2) is 0 Å². The summed E-state index contributed by atoms with van der Waals surface area (Å²) in [6.45, 7) is -0.129. The average molecular weight is 292 g/mol. The Bertz CT molecular complexity index is 873. The largest absolute Gasteiger partial charge is 0.506 e. The van der Waals surface area contributed by atoms with Gasteiger partial charge in [-0.1, -0.05) is 30.2 Å². The Morgan fingerprint density at radius 2 is 1.91 bits per heavy atom. The second-order valence-corrected chi connectivity index (χ2v) is 4.51. The lowest BCUT2D eigenvalue weighted by Gasteiger charge is -1.98. The zero-order chi connectivity index (χ0) is 15.4. The second-order valence-electron chi connectivity index (χ2n) is 4.51. The number of nitrogens with zero attached hydrogens (tertiary/aromatic N) is 2. The number of carboxylic acid groups (broad SMARTS) is 1. The highest BCUT2D eigenvalue weighted by atomic mass is 16.7. The summed E-state index contributed by atoms with van der Waals surface area (Å²) < 4.78 is 6.44. The molecule has 1 N–H and O–H groups in total. The topological polar surface area (TPSA) is 63.8 Å². The normalized spacial score (nSPS) is 10.0. The summed E-state index contributed by atoms with van der Waals surface area (Å²) in [5, 5.41) is 8.66. The van der Waals surface area contributed by atoms with Crippen molar-refractivity contribution in [1.82, 2.24) is 9.38 Å². The zero-order valence-corrected chi connectivity index (χ0v) is 11.6. The average Bonchev–Trinajstić information content (AvgIpc) is 2.89. The number of hydrogen-bond donors (Lipinski definition) is 1. The van der Waals surface area contributed by atoms with Crippen LogP contribution in [0.15, 0.2) is 54.7 Å². The number of hydrogen-bond acceptors (Lipinski definition) is 3. The number of benzene rings is 1. The molecule has 5 heteroatoms. The van der Waals surface area contributed by atoms with Crippen LogP contribution < -0.4 is 0 Å². The van der Waals surface area contributed by atoms with Gasteiger partial charge in [0.2, 0.25) is 0 Å².